The summed E-state index contributed by atoms with van der Waals surface area (Å²) in [6.45, 7) is 1.70. The Bertz CT molecular complexity index is 761. The van der Waals surface area contributed by atoms with Crippen LogP contribution in [0.2, 0.25) is 0 Å². The van der Waals surface area contributed by atoms with Gasteiger partial charge in [0.1, 0.15) is 11.6 Å². The summed E-state index contributed by atoms with van der Waals surface area (Å²) in [4.78, 5) is 23.9. The van der Waals surface area contributed by atoms with Crippen LogP contribution in [0.5, 0.6) is 5.75 Å². The van der Waals surface area contributed by atoms with Crippen molar-refractivity contribution < 1.29 is 23.8 Å². The third-order valence-electron chi connectivity index (χ3n) is 4.23. The van der Waals surface area contributed by atoms with E-state index in [-0.39, 0.29) is 11.7 Å². The molecule has 2 aromatic rings. The van der Waals surface area contributed by atoms with E-state index in [9.17, 15) is 19.1 Å². The first-order valence-electron chi connectivity index (χ1n) is 8.33. The summed E-state index contributed by atoms with van der Waals surface area (Å²) >= 11 is 0. The van der Waals surface area contributed by atoms with E-state index < -0.39 is 17.9 Å². The van der Waals surface area contributed by atoms with Gasteiger partial charge in [0.2, 0.25) is 5.91 Å². The lowest BCUT2D eigenvalue weighted by molar-refractivity contribution is -0.142. The normalized spacial score (nSPS) is 12.9. The number of hydrogen-bond donors (Lipinski definition) is 2. The molecule has 0 heterocycles. The van der Waals surface area contributed by atoms with Crippen molar-refractivity contribution in [2.75, 3.05) is 7.11 Å². The summed E-state index contributed by atoms with van der Waals surface area (Å²) in [6.07, 6.45) is 0.823. The van der Waals surface area contributed by atoms with Gasteiger partial charge in [-0.15, -0.1) is 0 Å². The Morgan fingerprint density at radius 3 is 2.38 bits per heavy atom. The van der Waals surface area contributed by atoms with Gasteiger partial charge in [0.25, 0.3) is 0 Å². The Hall–Kier alpha value is -2.89. The van der Waals surface area contributed by atoms with Gasteiger partial charge in [-0.25, -0.2) is 9.18 Å². The lowest BCUT2D eigenvalue weighted by atomic mass is 9.99. The van der Waals surface area contributed by atoms with Crippen LogP contribution in [0.1, 0.15) is 30.5 Å². The molecule has 0 bridgehead atoms. The minimum Gasteiger partial charge on any atom is -0.497 e. The van der Waals surface area contributed by atoms with Crippen molar-refractivity contribution in [3.63, 3.8) is 0 Å². The molecule has 2 aromatic carbocycles. The molecule has 2 atom stereocenters. The summed E-state index contributed by atoms with van der Waals surface area (Å²) in [6, 6.07) is 11.7. The third kappa shape index (κ3) is 5.05. The van der Waals surface area contributed by atoms with Crippen LogP contribution >= 0.6 is 0 Å². The largest absolute Gasteiger partial charge is 0.497 e. The Balaban J connectivity index is 1.99. The van der Waals surface area contributed by atoms with Crippen molar-refractivity contribution in [1.29, 1.82) is 0 Å². The molecular formula is C20H22FNO4. The summed E-state index contributed by atoms with van der Waals surface area (Å²) in [5.74, 6) is -1.69. The number of aryl methyl sites for hydroxylation is 1. The zero-order chi connectivity index (χ0) is 19.1. The molecule has 6 heteroatoms. The van der Waals surface area contributed by atoms with Gasteiger partial charge in [-0.05, 0) is 42.2 Å². The minimum absolute atomic E-state index is 0.304. The lowest BCUT2D eigenvalue weighted by Crippen LogP contribution is -2.37. The van der Waals surface area contributed by atoms with Crippen LogP contribution in [-0.4, -0.2) is 24.1 Å². The maximum absolute atomic E-state index is 13.7. The van der Waals surface area contributed by atoms with Crippen LogP contribution in [0.4, 0.5) is 4.39 Å². The van der Waals surface area contributed by atoms with Crippen molar-refractivity contribution in [2.24, 2.45) is 5.92 Å². The first kappa shape index (κ1) is 19.4. The number of carbonyl (C=O) groups excluding carboxylic acids is 1. The summed E-state index contributed by atoms with van der Waals surface area (Å²) in [5, 5.41) is 12.0. The molecule has 5 nitrogen and oxygen atoms in total. The Kier molecular flexibility index (Phi) is 6.72. The van der Waals surface area contributed by atoms with Crippen molar-refractivity contribution in [1.82, 2.24) is 5.32 Å². The molecule has 0 aliphatic carbocycles. The fraction of sp³-hybridized carbons (Fsp3) is 0.300. The van der Waals surface area contributed by atoms with E-state index in [1.165, 1.54) is 13.2 Å². The first-order chi connectivity index (χ1) is 12.4. The van der Waals surface area contributed by atoms with Crippen molar-refractivity contribution in [3.8, 4) is 5.75 Å². The number of benzene rings is 2. The third-order valence-corrected chi connectivity index (χ3v) is 4.23. The molecule has 0 aromatic heterocycles. The average molecular weight is 359 g/mol. The molecule has 0 aliphatic rings. The summed E-state index contributed by atoms with van der Waals surface area (Å²) in [7, 11) is 1.52. The summed E-state index contributed by atoms with van der Waals surface area (Å²) < 4.78 is 18.7. The zero-order valence-corrected chi connectivity index (χ0v) is 14.7. The minimum atomic E-state index is -1.15. The van der Waals surface area contributed by atoms with Gasteiger partial charge in [-0.1, -0.05) is 37.3 Å². The van der Waals surface area contributed by atoms with E-state index >= 15 is 0 Å². The smallest absolute Gasteiger partial charge is 0.330 e. The molecule has 138 valence electrons. The molecule has 26 heavy (non-hydrogen) atoms. The van der Waals surface area contributed by atoms with Crippen LogP contribution in [0.25, 0.3) is 0 Å². The maximum Gasteiger partial charge on any atom is 0.330 e. The number of nitrogens with one attached hydrogen (secondary N) is 1. The van der Waals surface area contributed by atoms with Crippen molar-refractivity contribution >= 4 is 11.9 Å². The number of carboxylic acids is 1. The van der Waals surface area contributed by atoms with Crippen LogP contribution in [0, 0.1) is 11.7 Å². The molecule has 0 aliphatic heterocycles. The number of hydrogen-bond acceptors (Lipinski definition) is 3. The second-order valence-corrected chi connectivity index (χ2v) is 6.08. The molecule has 1 amide bonds. The molecule has 0 spiro atoms. The van der Waals surface area contributed by atoms with E-state index in [1.807, 2.05) is 0 Å². The van der Waals surface area contributed by atoms with Crippen LogP contribution in [0.15, 0.2) is 48.5 Å². The van der Waals surface area contributed by atoms with Gasteiger partial charge in [0, 0.05) is 5.92 Å². The van der Waals surface area contributed by atoms with E-state index in [0.29, 0.717) is 29.7 Å². The molecule has 2 N–H and O–H groups in total. The maximum atomic E-state index is 13.7. The van der Waals surface area contributed by atoms with Gasteiger partial charge in [-0.2, -0.15) is 0 Å². The quantitative estimate of drug-likeness (QED) is 0.758. The highest BCUT2D eigenvalue weighted by Gasteiger charge is 2.24. The fourth-order valence-corrected chi connectivity index (χ4v) is 2.57. The average Bonchev–Trinajstić information content (AvgIpc) is 2.65. The Morgan fingerprint density at radius 2 is 1.81 bits per heavy atom. The Labute approximate surface area is 151 Å². The first-order valence-corrected chi connectivity index (χ1v) is 8.33. The molecule has 2 unspecified atom stereocenters. The van der Waals surface area contributed by atoms with Gasteiger partial charge in [-0.3, -0.25) is 4.79 Å². The SMILES string of the molecule is COc1ccc(C(NC(=O)C(C)CCc2ccccc2F)C(=O)O)cc1. The van der Waals surface area contributed by atoms with Crippen molar-refractivity contribution in [3.05, 3.63) is 65.5 Å². The van der Waals surface area contributed by atoms with Crippen molar-refractivity contribution in [2.45, 2.75) is 25.8 Å². The topological polar surface area (TPSA) is 75.6 Å². The van der Waals surface area contributed by atoms with Crippen LogP contribution < -0.4 is 10.1 Å². The molecule has 0 saturated heterocycles. The van der Waals surface area contributed by atoms with E-state index in [1.54, 1.807) is 49.4 Å². The highest BCUT2D eigenvalue weighted by molar-refractivity contribution is 5.85. The van der Waals surface area contributed by atoms with Gasteiger partial charge in [0.15, 0.2) is 6.04 Å². The molecule has 0 fully saturated rings. The van der Waals surface area contributed by atoms with E-state index in [0.717, 1.165) is 0 Å². The molecule has 2 rings (SSSR count). The number of rotatable bonds is 8. The predicted molar refractivity (Wildman–Crippen MR) is 95.4 cm³/mol. The Morgan fingerprint density at radius 1 is 1.15 bits per heavy atom. The number of aliphatic carboxylic acids is 1. The molecule has 0 saturated carbocycles. The number of carboxylic acid groups (broad SMARTS) is 1. The number of carbonyl (C=O) groups is 2. The van der Waals surface area contributed by atoms with E-state index in [4.69, 9.17) is 4.74 Å². The van der Waals surface area contributed by atoms with Crippen LogP contribution in [-0.2, 0) is 16.0 Å². The van der Waals surface area contributed by atoms with Gasteiger partial charge >= 0.3 is 5.97 Å². The molecular weight excluding hydrogens is 337 g/mol. The monoisotopic (exact) mass is 359 g/mol. The highest BCUT2D eigenvalue weighted by Crippen LogP contribution is 2.19. The van der Waals surface area contributed by atoms with Crippen LogP contribution in [0.3, 0.4) is 0 Å². The summed E-state index contributed by atoms with van der Waals surface area (Å²) in [5.41, 5.74) is 0.991. The number of methoxy groups -OCH3 is 1. The van der Waals surface area contributed by atoms with E-state index in [2.05, 4.69) is 5.32 Å². The molecule has 0 radical (unpaired) electrons. The number of ether oxygens (including phenoxy) is 1. The predicted octanol–water partition coefficient (Wildman–Crippen LogP) is 3.35. The number of amides is 1. The highest BCUT2D eigenvalue weighted by atomic mass is 19.1. The second-order valence-electron chi connectivity index (χ2n) is 6.08. The second kappa shape index (κ2) is 8.99. The zero-order valence-electron chi connectivity index (χ0n) is 14.7. The number of halogens is 1. The lowest BCUT2D eigenvalue weighted by Gasteiger charge is -2.18. The van der Waals surface area contributed by atoms with Gasteiger partial charge < -0.3 is 15.2 Å². The standard InChI is InChI=1S/C20H22FNO4/c1-13(7-8-14-5-3-4-6-17(14)21)19(23)22-18(20(24)25)15-9-11-16(26-2)12-10-15/h3-6,9-13,18H,7-8H2,1-2H3,(H,22,23)(H,24,25). The fourth-order valence-electron chi connectivity index (χ4n) is 2.57. The van der Waals surface area contributed by atoms with Gasteiger partial charge in [0.05, 0.1) is 7.11 Å².